The molecule has 0 radical (unpaired) electrons. The second-order valence-corrected chi connectivity index (χ2v) is 8.59. The van der Waals surface area contributed by atoms with Gasteiger partial charge in [0.15, 0.2) is 11.6 Å². The van der Waals surface area contributed by atoms with Crippen LogP contribution in [-0.2, 0) is 17.4 Å². The highest BCUT2D eigenvalue weighted by molar-refractivity contribution is 8.11. The van der Waals surface area contributed by atoms with Crippen LogP contribution in [0.15, 0.2) is 29.2 Å². The summed E-state index contributed by atoms with van der Waals surface area (Å²) < 4.78 is 28.9. The Bertz CT molecular complexity index is 1120. The average Bonchev–Trinajstić information content (AvgIpc) is 2.68. The van der Waals surface area contributed by atoms with Gasteiger partial charge in [0.25, 0.3) is 0 Å². The summed E-state index contributed by atoms with van der Waals surface area (Å²) in [6.07, 6.45) is 1.56. The molecule has 0 aliphatic carbocycles. The van der Waals surface area contributed by atoms with E-state index in [0.29, 0.717) is 17.6 Å². The molecule has 5 nitrogen and oxygen atoms in total. The fourth-order valence-electron chi connectivity index (χ4n) is 3.31. The third kappa shape index (κ3) is 3.12. The van der Waals surface area contributed by atoms with Gasteiger partial charge in [0.2, 0.25) is 5.43 Å². The molecule has 4 rings (SSSR count). The smallest absolute Gasteiger partial charge is 0.332 e. The van der Waals surface area contributed by atoms with Crippen LogP contribution in [0.25, 0.3) is 21.9 Å². The maximum absolute atomic E-state index is 13.6. The minimum absolute atomic E-state index is 0.129. The molecular formula is C19H18F2N3O2S+. The van der Waals surface area contributed by atoms with E-state index in [1.165, 1.54) is 6.07 Å². The van der Waals surface area contributed by atoms with E-state index in [0.717, 1.165) is 36.7 Å². The standard InChI is InChI=1S/C19H18F2N3O2S/c1-2-24-10-13(19(26)27-5-3-22-4-6-27)17(25)12-7-11-8-14(20)15(21)9-16(11)23-18(12)24/h7-10,22H,2-6H2,1H3/q+1. The van der Waals surface area contributed by atoms with E-state index in [9.17, 15) is 18.4 Å². The zero-order valence-corrected chi connectivity index (χ0v) is 15.5. The van der Waals surface area contributed by atoms with Crippen molar-refractivity contribution < 1.29 is 13.6 Å². The molecule has 0 bridgehead atoms. The van der Waals surface area contributed by atoms with Crippen LogP contribution in [0.1, 0.15) is 17.3 Å². The lowest BCUT2D eigenvalue weighted by atomic mass is 10.1. The Labute approximate surface area is 156 Å². The second kappa shape index (κ2) is 7.01. The van der Waals surface area contributed by atoms with E-state index in [4.69, 9.17) is 0 Å². The molecule has 1 saturated heterocycles. The molecule has 1 aliphatic rings. The van der Waals surface area contributed by atoms with Crippen molar-refractivity contribution in [3.63, 3.8) is 0 Å². The van der Waals surface area contributed by atoms with Gasteiger partial charge in [-0.15, -0.1) is 0 Å². The molecule has 3 heterocycles. The lowest BCUT2D eigenvalue weighted by Gasteiger charge is -2.14. The molecule has 27 heavy (non-hydrogen) atoms. The Morgan fingerprint density at radius 2 is 1.93 bits per heavy atom. The lowest BCUT2D eigenvalue weighted by molar-refractivity contribution is 0.108. The number of benzene rings is 1. The van der Waals surface area contributed by atoms with Crippen molar-refractivity contribution in [3.8, 4) is 0 Å². The molecule has 0 atom stereocenters. The molecule has 1 aliphatic heterocycles. The molecule has 3 aromatic rings. The quantitative estimate of drug-likeness (QED) is 0.538. The topological polar surface area (TPSA) is 64.0 Å². The summed E-state index contributed by atoms with van der Waals surface area (Å²) in [6.45, 7) is 3.90. The number of fused-ring (bicyclic) bond motifs is 2. The molecule has 0 amide bonds. The number of pyridine rings is 2. The number of hydrogen-bond donors (Lipinski definition) is 1. The van der Waals surface area contributed by atoms with Crippen molar-refractivity contribution in [1.29, 1.82) is 0 Å². The summed E-state index contributed by atoms with van der Waals surface area (Å²) in [6, 6.07) is 3.54. The Morgan fingerprint density at radius 1 is 1.22 bits per heavy atom. The van der Waals surface area contributed by atoms with Gasteiger partial charge < -0.3 is 9.88 Å². The molecular weight excluding hydrogens is 372 g/mol. The molecule has 140 valence electrons. The number of nitrogens with zero attached hydrogens (tertiary/aromatic N) is 2. The number of rotatable bonds is 2. The normalized spacial score (nSPS) is 15.5. The van der Waals surface area contributed by atoms with Gasteiger partial charge in [0.05, 0.1) is 21.8 Å². The SMILES string of the molecule is CCn1cc(C(=O)[S+]2CCNCC2)c(=O)c2cc3cc(F)c(F)cc3nc21. The van der Waals surface area contributed by atoms with E-state index < -0.39 is 28.0 Å². The van der Waals surface area contributed by atoms with Gasteiger partial charge in [0, 0.05) is 37.3 Å². The fraction of sp³-hybridized carbons (Fsp3) is 0.316. The van der Waals surface area contributed by atoms with E-state index in [-0.39, 0.29) is 21.6 Å². The molecule has 1 fully saturated rings. The van der Waals surface area contributed by atoms with Gasteiger partial charge in [-0.2, -0.15) is 0 Å². The minimum Gasteiger partial charge on any atom is -0.332 e. The van der Waals surface area contributed by atoms with Crippen molar-refractivity contribution in [2.75, 3.05) is 24.6 Å². The van der Waals surface area contributed by atoms with Gasteiger partial charge in [-0.25, -0.2) is 18.6 Å². The molecule has 2 aromatic heterocycles. The molecule has 0 spiro atoms. The van der Waals surface area contributed by atoms with Gasteiger partial charge in [-0.05, 0) is 19.1 Å². The van der Waals surface area contributed by atoms with E-state index in [1.54, 1.807) is 10.8 Å². The van der Waals surface area contributed by atoms with Crippen LogP contribution in [0.3, 0.4) is 0 Å². The minimum atomic E-state index is -0.997. The lowest BCUT2D eigenvalue weighted by Crippen LogP contribution is -2.41. The van der Waals surface area contributed by atoms with Crippen molar-refractivity contribution in [1.82, 2.24) is 14.9 Å². The predicted octanol–water partition coefficient (Wildman–Crippen LogP) is 2.21. The third-order valence-corrected chi connectivity index (χ3v) is 6.89. The Morgan fingerprint density at radius 3 is 2.63 bits per heavy atom. The van der Waals surface area contributed by atoms with Crippen LogP contribution >= 0.6 is 0 Å². The molecule has 8 heteroatoms. The predicted molar refractivity (Wildman–Crippen MR) is 103 cm³/mol. The van der Waals surface area contributed by atoms with Gasteiger partial charge >= 0.3 is 5.12 Å². The highest BCUT2D eigenvalue weighted by Gasteiger charge is 2.34. The molecule has 0 unspecified atom stereocenters. The maximum atomic E-state index is 13.6. The highest BCUT2D eigenvalue weighted by atomic mass is 32.2. The number of carbonyl (C=O) groups excluding carboxylic acids is 1. The number of aromatic nitrogens is 2. The van der Waals surface area contributed by atoms with Gasteiger partial charge in [-0.1, -0.05) is 0 Å². The van der Waals surface area contributed by atoms with Crippen molar-refractivity contribution in [2.45, 2.75) is 13.5 Å². The second-order valence-electron chi connectivity index (χ2n) is 6.41. The van der Waals surface area contributed by atoms with Crippen LogP contribution in [0, 0.1) is 11.6 Å². The summed E-state index contributed by atoms with van der Waals surface area (Å²) in [4.78, 5) is 30.3. The molecule has 1 N–H and O–H groups in total. The Hall–Kier alpha value is -2.32. The summed E-state index contributed by atoms with van der Waals surface area (Å²) in [5, 5.41) is 3.66. The number of aryl methyl sites for hydroxylation is 1. The van der Waals surface area contributed by atoms with Crippen molar-refractivity contribution >= 4 is 37.9 Å². The van der Waals surface area contributed by atoms with E-state index in [2.05, 4.69) is 10.3 Å². The first-order chi connectivity index (χ1) is 13.0. The average molecular weight is 390 g/mol. The Kier molecular flexibility index (Phi) is 4.69. The first-order valence-electron chi connectivity index (χ1n) is 8.75. The number of hydrogen-bond acceptors (Lipinski definition) is 4. The number of nitrogens with one attached hydrogen (secondary N) is 1. The van der Waals surface area contributed by atoms with E-state index >= 15 is 0 Å². The molecule has 0 saturated carbocycles. The van der Waals surface area contributed by atoms with Gasteiger partial charge in [-0.3, -0.25) is 4.79 Å². The first-order valence-corrected chi connectivity index (χ1v) is 10.3. The van der Waals surface area contributed by atoms with Crippen LogP contribution in [0.2, 0.25) is 0 Å². The number of carbonyl (C=O) groups is 1. The fourth-order valence-corrected chi connectivity index (χ4v) is 5.12. The van der Waals surface area contributed by atoms with Gasteiger partial charge in [0.1, 0.15) is 22.7 Å². The summed E-state index contributed by atoms with van der Waals surface area (Å²) in [5.41, 5.74) is 0.386. The summed E-state index contributed by atoms with van der Waals surface area (Å²) in [5.74, 6) is -0.535. The zero-order valence-electron chi connectivity index (χ0n) is 14.7. The monoisotopic (exact) mass is 390 g/mol. The Balaban J connectivity index is 1.95. The highest BCUT2D eigenvalue weighted by Crippen LogP contribution is 2.22. The summed E-state index contributed by atoms with van der Waals surface area (Å²) in [7, 11) is -0.482. The zero-order chi connectivity index (χ0) is 19.1. The van der Waals surface area contributed by atoms with E-state index in [1.807, 2.05) is 6.92 Å². The molecule has 1 aromatic carbocycles. The maximum Gasteiger partial charge on any atom is 0.367 e. The van der Waals surface area contributed by atoms with Crippen LogP contribution in [0.5, 0.6) is 0 Å². The van der Waals surface area contributed by atoms with Crippen LogP contribution in [-0.4, -0.2) is 39.3 Å². The van der Waals surface area contributed by atoms with Crippen molar-refractivity contribution in [2.24, 2.45) is 0 Å². The van der Waals surface area contributed by atoms with Crippen molar-refractivity contribution in [3.05, 3.63) is 51.8 Å². The van der Waals surface area contributed by atoms with Crippen LogP contribution in [0.4, 0.5) is 8.78 Å². The first kappa shape index (κ1) is 18.1. The van der Waals surface area contributed by atoms with Crippen LogP contribution < -0.4 is 10.7 Å². The number of halogens is 2. The largest absolute Gasteiger partial charge is 0.367 e. The third-order valence-electron chi connectivity index (χ3n) is 4.76. The summed E-state index contributed by atoms with van der Waals surface area (Å²) >= 11 is 0.